The molecule has 1 saturated heterocycles. The molecule has 0 saturated carbocycles. The highest BCUT2D eigenvalue weighted by Gasteiger charge is 2.32. The molecule has 0 spiro atoms. The maximum Gasteiger partial charge on any atom is 0.147 e. The van der Waals surface area contributed by atoms with E-state index in [1.165, 1.54) is 6.42 Å². The molecule has 3 N–H and O–H groups in total. The largest absolute Gasteiger partial charge is 0.382 e. The predicted molar refractivity (Wildman–Crippen MR) is 72.8 cm³/mol. The van der Waals surface area contributed by atoms with Crippen LogP contribution in [0.4, 0.5) is 5.82 Å². The van der Waals surface area contributed by atoms with Crippen molar-refractivity contribution in [3.63, 3.8) is 0 Å². The summed E-state index contributed by atoms with van der Waals surface area (Å²) >= 11 is 0. The van der Waals surface area contributed by atoms with Gasteiger partial charge < -0.3 is 10.6 Å². The molecule has 1 atom stereocenters. The maximum absolute atomic E-state index is 7.29. The maximum atomic E-state index is 7.29. The minimum absolute atomic E-state index is 0.0389. The van der Waals surface area contributed by atoms with E-state index in [2.05, 4.69) is 35.6 Å². The van der Waals surface area contributed by atoms with Gasteiger partial charge in [0.25, 0.3) is 0 Å². The van der Waals surface area contributed by atoms with Crippen molar-refractivity contribution in [2.24, 2.45) is 17.1 Å². The lowest BCUT2D eigenvalue weighted by molar-refractivity contribution is 0.263. The molecule has 5 nitrogen and oxygen atoms in total. The monoisotopic (exact) mass is 247 g/mol. The molecular formula is C13H21N5. The molecule has 1 aliphatic rings. The highest BCUT2D eigenvalue weighted by atomic mass is 15.2. The van der Waals surface area contributed by atoms with Crippen molar-refractivity contribution in [3.05, 3.63) is 18.1 Å². The van der Waals surface area contributed by atoms with Gasteiger partial charge in [-0.2, -0.15) is 0 Å². The normalized spacial score (nSPS) is 20.2. The molecule has 5 heteroatoms. The summed E-state index contributed by atoms with van der Waals surface area (Å²) in [5.41, 5.74) is 6.13. The fraction of sp³-hybridized carbons (Fsp3) is 0.615. The lowest BCUT2D eigenvalue weighted by atomic mass is 9.80. The van der Waals surface area contributed by atoms with E-state index in [-0.39, 0.29) is 5.84 Å². The fourth-order valence-corrected chi connectivity index (χ4v) is 2.30. The van der Waals surface area contributed by atoms with Crippen LogP contribution in [-0.4, -0.2) is 28.9 Å². The Kier molecular flexibility index (Phi) is 3.24. The Morgan fingerprint density at radius 2 is 2.11 bits per heavy atom. The van der Waals surface area contributed by atoms with Crippen LogP contribution < -0.4 is 10.6 Å². The summed E-state index contributed by atoms with van der Waals surface area (Å²) in [7, 11) is 0. The van der Waals surface area contributed by atoms with Crippen LogP contribution in [0.1, 0.15) is 32.9 Å². The summed E-state index contributed by atoms with van der Waals surface area (Å²) in [6.07, 6.45) is 4.48. The average Bonchev–Trinajstić information content (AvgIpc) is 2.78. The zero-order valence-electron chi connectivity index (χ0n) is 11.3. The minimum atomic E-state index is -0.0389. The molecule has 1 aromatic rings. The smallest absolute Gasteiger partial charge is 0.147 e. The molecule has 0 aromatic carbocycles. The third-order valence-electron chi connectivity index (χ3n) is 3.65. The van der Waals surface area contributed by atoms with Gasteiger partial charge in [0.05, 0.1) is 12.4 Å². The predicted octanol–water partition coefficient (Wildman–Crippen LogP) is 1.63. The molecule has 0 bridgehead atoms. The van der Waals surface area contributed by atoms with E-state index >= 15 is 0 Å². The summed E-state index contributed by atoms with van der Waals surface area (Å²) in [6, 6.07) is 0. The lowest BCUT2D eigenvalue weighted by Gasteiger charge is -2.27. The molecule has 1 aliphatic heterocycles. The molecule has 1 aromatic heterocycles. The average molecular weight is 247 g/mol. The van der Waals surface area contributed by atoms with Crippen LogP contribution in [0, 0.1) is 16.7 Å². The molecule has 18 heavy (non-hydrogen) atoms. The van der Waals surface area contributed by atoms with Crippen molar-refractivity contribution in [1.82, 2.24) is 9.97 Å². The number of nitrogen functional groups attached to an aromatic ring is 1. The number of aromatic nitrogens is 2. The first-order valence-electron chi connectivity index (χ1n) is 6.29. The zero-order chi connectivity index (χ0) is 13.3. The Morgan fingerprint density at radius 1 is 1.39 bits per heavy atom. The SMILES string of the molecule is CC(C)(C)C1CCN(c2cnc(C(=N)N)cn2)C1. The third-order valence-corrected chi connectivity index (χ3v) is 3.65. The second-order valence-electron chi connectivity index (χ2n) is 5.97. The van der Waals surface area contributed by atoms with Crippen LogP contribution in [0.3, 0.4) is 0 Å². The van der Waals surface area contributed by atoms with Crippen molar-refractivity contribution in [2.75, 3.05) is 18.0 Å². The second-order valence-corrected chi connectivity index (χ2v) is 5.97. The molecular weight excluding hydrogens is 226 g/mol. The van der Waals surface area contributed by atoms with Crippen LogP contribution in [0.25, 0.3) is 0 Å². The Hall–Kier alpha value is -1.65. The summed E-state index contributed by atoms with van der Waals surface area (Å²) < 4.78 is 0. The molecule has 1 fully saturated rings. The number of nitrogens with zero attached hydrogens (tertiary/aromatic N) is 3. The summed E-state index contributed by atoms with van der Waals surface area (Å²) in [5, 5.41) is 7.29. The standard InChI is InChI=1S/C13H21N5/c1-13(2,3)9-4-5-18(8-9)11-7-16-10(6-17-11)12(14)15/h6-7,9H,4-5,8H2,1-3H3,(H3,14,15). The van der Waals surface area contributed by atoms with E-state index in [9.17, 15) is 0 Å². The van der Waals surface area contributed by atoms with E-state index in [1.54, 1.807) is 12.4 Å². The Morgan fingerprint density at radius 3 is 2.56 bits per heavy atom. The van der Waals surface area contributed by atoms with Gasteiger partial charge in [-0.15, -0.1) is 0 Å². The molecule has 0 radical (unpaired) electrons. The van der Waals surface area contributed by atoms with Gasteiger partial charge in [-0.3, -0.25) is 5.41 Å². The number of nitrogens with one attached hydrogen (secondary N) is 1. The summed E-state index contributed by atoms with van der Waals surface area (Å²) in [4.78, 5) is 10.8. The van der Waals surface area contributed by atoms with Crippen LogP contribution in [0.2, 0.25) is 0 Å². The van der Waals surface area contributed by atoms with Crippen molar-refractivity contribution < 1.29 is 0 Å². The van der Waals surface area contributed by atoms with E-state index in [0.717, 1.165) is 18.9 Å². The number of nitrogens with two attached hydrogens (primary N) is 1. The number of amidine groups is 1. The Balaban J connectivity index is 2.08. The highest BCUT2D eigenvalue weighted by molar-refractivity contribution is 5.92. The van der Waals surface area contributed by atoms with Crippen molar-refractivity contribution in [3.8, 4) is 0 Å². The highest BCUT2D eigenvalue weighted by Crippen LogP contribution is 2.34. The first-order valence-corrected chi connectivity index (χ1v) is 6.29. The second kappa shape index (κ2) is 4.55. The van der Waals surface area contributed by atoms with Gasteiger partial charge in [0, 0.05) is 13.1 Å². The van der Waals surface area contributed by atoms with E-state index in [4.69, 9.17) is 11.1 Å². The molecule has 2 heterocycles. The lowest BCUT2D eigenvalue weighted by Crippen LogP contribution is -2.26. The van der Waals surface area contributed by atoms with Gasteiger partial charge in [-0.1, -0.05) is 20.8 Å². The molecule has 1 unspecified atom stereocenters. The number of hydrogen-bond acceptors (Lipinski definition) is 4. The van der Waals surface area contributed by atoms with Crippen LogP contribution in [-0.2, 0) is 0 Å². The van der Waals surface area contributed by atoms with E-state index in [0.29, 0.717) is 17.0 Å². The Bertz CT molecular complexity index is 432. The van der Waals surface area contributed by atoms with Crippen molar-refractivity contribution in [1.29, 1.82) is 5.41 Å². The molecule has 2 rings (SSSR count). The number of rotatable bonds is 2. The fourth-order valence-electron chi connectivity index (χ4n) is 2.30. The van der Waals surface area contributed by atoms with Crippen LogP contribution in [0.15, 0.2) is 12.4 Å². The third kappa shape index (κ3) is 2.60. The minimum Gasteiger partial charge on any atom is -0.382 e. The number of anilines is 1. The van der Waals surface area contributed by atoms with Gasteiger partial charge in [-0.05, 0) is 17.8 Å². The van der Waals surface area contributed by atoms with Gasteiger partial charge >= 0.3 is 0 Å². The topological polar surface area (TPSA) is 78.9 Å². The molecule has 98 valence electrons. The molecule has 0 amide bonds. The van der Waals surface area contributed by atoms with Crippen LogP contribution in [0.5, 0.6) is 0 Å². The van der Waals surface area contributed by atoms with E-state index in [1.807, 2.05) is 0 Å². The summed E-state index contributed by atoms with van der Waals surface area (Å²) in [5.74, 6) is 1.53. The quantitative estimate of drug-likeness (QED) is 0.615. The first kappa shape index (κ1) is 12.8. The summed E-state index contributed by atoms with van der Waals surface area (Å²) in [6.45, 7) is 8.90. The zero-order valence-corrected chi connectivity index (χ0v) is 11.3. The van der Waals surface area contributed by atoms with Crippen molar-refractivity contribution >= 4 is 11.7 Å². The van der Waals surface area contributed by atoms with Gasteiger partial charge in [0.2, 0.25) is 0 Å². The number of hydrogen-bond donors (Lipinski definition) is 2. The van der Waals surface area contributed by atoms with Crippen LogP contribution >= 0.6 is 0 Å². The Labute approximate surface area is 108 Å². The van der Waals surface area contributed by atoms with Gasteiger partial charge in [0.1, 0.15) is 17.3 Å². The van der Waals surface area contributed by atoms with E-state index < -0.39 is 0 Å². The van der Waals surface area contributed by atoms with Gasteiger partial charge in [-0.25, -0.2) is 9.97 Å². The molecule has 0 aliphatic carbocycles. The van der Waals surface area contributed by atoms with Crippen molar-refractivity contribution in [2.45, 2.75) is 27.2 Å². The van der Waals surface area contributed by atoms with Gasteiger partial charge in [0.15, 0.2) is 0 Å². The first-order chi connectivity index (χ1) is 8.38.